The van der Waals surface area contributed by atoms with Crippen LogP contribution >= 0.6 is 0 Å². The monoisotopic (exact) mass is 332 g/mol. The molecule has 8 heteroatoms. The Kier molecular flexibility index (Phi) is 4.72. The minimum atomic E-state index is -4.76. The molecule has 0 bridgehead atoms. The molecule has 1 aliphatic heterocycles. The molecule has 0 aliphatic carbocycles. The van der Waals surface area contributed by atoms with Crippen molar-refractivity contribution in [1.29, 1.82) is 0 Å². The molecule has 126 valence electrons. The number of rotatable bonds is 4. The highest BCUT2D eigenvalue weighted by atomic mass is 19.4. The van der Waals surface area contributed by atoms with E-state index >= 15 is 0 Å². The molecule has 1 aromatic carbocycles. The number of hydrogen-bond acceptors (Lipinski definition) is 5. The van der Waals surface area contributed by atoms with Crippen LogP contribution < -0.4 is 14.2 Å². The van der Waals surface area contributed by atoms with E-state index in [1.54, 1.807) is 0 Å². The van der Waals surface area contributed by atoms with Gasteiger partial charge in [0.05, 0.1) is 26.4 Å². The second-order valence-corrected chi connectivity index (χ2v) is 4.60. The van der Waals surface area contributed by atoms with Crippen LogP contribution in [0.25, 0.3) is 6.08 Å². The molecular formula is C15H15F3O5. The van der Waals surface area contributed by atoms with Crippen molar-refractivity contribution < 1.29 is 36.9 Å². The van der Waals surface area contributed by atoms with Gasteiger partial charge in [-0.3, -0.25) is 0 Å². The number of hydrogen-bond donors (Lipinski definition) is 0. The van der Waals surface area contributed by atoms with Gasteiger partial charge in [-0.15, -0.1) is 0 Å². The fraction of sp³-hybridized carbons (Fsp3) is 0.400. The Morgan fingerprint density at radius 3 is 2.35 bits per heavy atom. The van der Waals surface area contributed by atoms with Crippen molar-refractivity contribution in [2.45, 2.75) is 19.2 Å². The van der Waals surface area contributed by atoms with Gasteiger partial charge in [-0.2, -0.15) is 13.2 Å². The maximum absolute atomic E-state index is 13.2. The maximum Gasteiger partial charge on any atom is 0.430 e. The van der Waals surface area contributed by atoms with E-state index < -0.39 is 23.8 Å². The molecule has 0 aromatic heterocycles. The van der Waals surface area contributed by atoms with Gasteiger partial charge < -0.3 is 18.9 Å². The topological polar surface area (TPSA) is 54.0 Å². The van der Waals surface area contributed by atoms with Gasteiger partial charge in [0.15, 0.2) is 11.5 Å². The average molecular weight is 332 g/mol. The SMILES string of the molecule is CCOC(=O)C1=Cc2cc(OC)c(OC)cc2OC1C(F)(F)F. The predicted molar refractivity (Wildman–Crippen MR) is 74.6 cm³/mol. The number of benzene rings is 1. The molecular weight excluding hydrogens is 317 g/mol. The summed E-state index contributed by atoms with van der Waals surface area (Å²) in [5.74, 6) is -0.604. The Balaban J connectivity index is 2.55. The van der Waals surface area contributed by atoms with Crippen molar-refractivity contribution in [3.05, 3.63) is 23.3 Å². The minimum Gasteiger partial charge on any atom is -0.493 e. The highest BCUT2D eigenvalue weighted by Crippen LogP contribution is 2.42. The zero-order valence-corrected chi connectivity index (χ0v) is 12.7. The number of alkyl halides is 3. The van der Waals surface area contributed by atoms with E-state index in [2.05, 4.69) is 4.74 Å². The second kappa shape index (κ2) is 6.39. The van der Waals surface area contributed by atoms with Crippen molar-refractivity contribution in [2.24, 2.45) is 0 Å². The first kappa shape index (κ1) is 17.0. The summed E-state index contributed by atoms with van der Waals surface area (Å²) < 4.78 is 59.4. The molecule has 1 unspecified atom stereocenters. The van der Waals surface area contributed by atoms with Crippen molar-refractivity contribution in [3.63, 3.8) is 0 Å². The number of methoxy groups -OCH3 is 2. The molecule has 0 fully saturated rings. The van der Waals surface area contributed by atoms with Crippen molar-refractivity contribution in [2.75, 3.05) is 20.8 Å². The molecule has 2 rings (SSSR count). The van der Waals surface area contributed by atoms with E-state index in [1.807, 2.05) is 0 Å². The quantitative estimate of drug-likeness (QED) is 0.794. The fourth-order valence-corrected chi connectivity index (χ4v) is 2.15. The van der Waals surface area contributed by atoms with Gasteiger partial charge in [0.1, 0.15) is 5.75 Å². The van der Waals surface area contributed by atoms with Crippen LogP contribution in [0.5, 0.6) is 17.2 Å². The lowest BCUT2D eigenvalue weighted by atomic mass is 10.0. The van der Waals surface area contributed by atoms with E-state index in [9.17, 15) is 18.0 Å². The number of carbonyl (C=O) groups excluding carboxylic acids is 1. The highest BCUT2D eigenvalue weighted by Gasteiger charge is 2.49. The summed E-state index contributed by atoms with van der Waals surface area (Å²) in [4.78, 5) is 11.8. The van der Waals surface area contributed by atoms with E-state index in [0.29, 0.717) is 5.75 Å². The smallest absolute Gasteiger partial charge is 0.430 e. The highest BCUT2D eigenvalue weighted by molar-refractivity contribution is 5.96. The number of esters is 1. The lowest BCUT2D eigenvalue weighted by molar-refractivity contribution is -0.187. The zero-order chi connectivity index (χ0) is 17.2. The minimum absolute atomic E-state index is 0.0421. The first-order chi connectivity index (χ1) is 10.8. The van der Waals surface area contributed by atoms with Gasteiger partial charge in [0, 0.05) is 11.6 Å². The van der Waals surface area contributed by atoms with E-state index in [-0.39, 0.29) is 23.7 Å². The number of halogens is 3. The number of carbonyl (C=O) groups is 1. The lowest BCUT2D eigenvalue weighted by Gasteiger charge is -2.28. The van der Waals surface area contributed by atoms with Crippen LogP contribution in [-0.2, 0) is 9.53 Å². The summed E-state index contributed by atoms with van der Waals surface area (Å²) in [6.45, 7) is 1.46. The molecule has 0 N–H and O–H groups in total. The molecule has 23 heavy (non-hydrogen) atoms. The van der Waals surface area contributed by atoms with Gasteiger partial charge in [0.2, 0.25) is 6.10 Å². The van der Waals surface area contributed by atoms with Gasteiger partial charge >= 0.3 is 12.1 Å². The molecule has 0 saturated heterocycles. The molecule has 5 nitrogen and oxygen atoms in total. The second-order valence-electron chi connectivity index (χ2n) is 4.60. The zero-order valence-electron chi connectivity index (χ0n) is 12.7. The number of fused-ring (bicyclic) bond motifs is 1. The molecule has 1 atom stereocenters. The average Bonchev–Trinajstić information content (AvgIpc) is 2.51. The van der Waals surface area contributed by atoms with Crippen LogP contribution in [0.2, 0.25) is 0 Å². The summed E-state index contributed by atoms with van der Waals surface area (Å²) in [6, 6.07) is 2.71. The van der Waals surface area contributed by atoms with Crippen LogP contribution in [0, 0.1) is 0 Å². The third-order valence-corrected chi connectivity index (χ3v) is 3.16. The van der Waals surface area contributed by atoms with Crippen molar-refractivity contribution in [1.82, 2.24) is 0 Å². The van der Waals surface area contributed by atoms with Crippen LogP contribution in [-0.4, -0.2) is 39.1 Å². The maximum atomic E-state index is 13.2. The molecule has 0 spiro atoms. The Hall–Kier alpha value is -2.38. The van der Waals surface area contributed by atoms with Crippen LogP contribution in [0.1, 0.15) is 12.5 Å². The number of ether oxygens (including phenoxy) is 4. The summed E-state index contributed by atoms with van der Waals surface area (Å²) in [6.07, 6.45) is -6.06. The third kappa shape index (κ3) is 3.35. The van der Waals surface area contributed by atoms with E-state index in [4.69, 9.17) is 14.2 Å². The Morgan fingerprint density at radius 2 is 1.83 bits per heavy atom. The van der Waals surface area contributed by atoms with Gasteiger partial charge in [-0.25, -0.2) is 4.79 Å². The first-order valence-electron chi connectivity index (χ1n) is 6.69. The van der Waals surface area contributed by atoms with Crippen LogP contribution in [0.3, 0.4) is 0 Å². The normalized spacial score (nSPS) is 16.8. The largest absolute Gasteiger partial charge is 0.493 e. The lowest BCUT2D eigenvalue weighted by Crippen LogP contribution is -2.40. The Labute approximate surface area is 130 Å². The van der Waals surface area contributed by atoms with Crippen LogP contribution in [0.4, 0.5) is 13.2 Å². The third-order valence-electron chi connectivity index (χ3n) is 3.16. The van der Waals surface area contributed by atoms with Crippen molar-refractivity contribution >= 4 is 12.0 Å². The Morgan fingerprint density at radius 1 is 1.22 bits per heavy atom. The molecule has 1 aliphatic rings. The van der Waals surface area contributed by atoms with E-state index in [1.165, 1.54) is 33.3 Å². The first-order valence-corrected chi connectivity index (χ1v) is 6.69. The Bertz CT molecular complexity index is 637. The molecule has 0 amide bonds. The summed E-state index contributed by atoms with van der Waals surface area (Å²) >= 11 is 0. The molecule has 1 heterocycles. The van der Waals surface area contributed by atoms with Gasteiger partial charge in [-0.05, 0) is 19.1 Å². The summed E-state index contributed by atoms with van der Waals surface area (Å²) in [5, 5.41) is 0. The fourth-order valence-electron chi connectivity index (χ4n) is 2.15. The van der Waals surface area contributed by atoms with Crippen LogP contribution in [0.15, 0.2) is 17.7 Å². The summed E-state index contributed by atoms with van der Waals surface area (Å²) in [5.41, 5.74) is -0.342. The van der Waals surface area contributed by atoms with Crippen molar-refractivity contribution in [3.8, 4) is 17.2 Å². The van der Waals surface area contributed by atoms with Gasteiger partial charge in [-0.1, -0.05) is 0 Å². The summed E-state index contributed by atoms with van der Waals surface area (Å²) in [7, 11) is 2.75. The molecule has 1 aromatic rings. The standard InChI is InChI=1S/C15H15F3O5/c1-4-22-14(19)9-5-8-6-11(20-2)12(21-3)7-10(8)23-13(9)15(16,17)18/h5-7,13H,4H2,1-3H3. The molecule has 0 radical (unpaired) electrons. The van der Waals surface area contributed by atoms with E-state index in [0.717, 1.165) is 6.08 Å². The van der Waals surface area contributed by atoms with Gasteiger partial charge in [0.25, 0.3) is 0 Å². The predicted octanol–water partition coefficient (Wildman–Crippen LogP) is 2.97. The molecule has 0 saturated carbocycles.